The van der Waals surface area contributed by atoms with Crippen molar-refractivity contribution in [3.8, 4) is 0 Å². The maximum absolute atomic E-state index is 14.3. The molecule has 4 nitrogen and oxygen atoms in total. The quantitative estimate of drug-likeness (QED) is 0.230. The number of halogens is 5. The molecule has 3 rings (SSSR count). The second-order valence-corrected chi connectivity index (χ2v) is 12.0. The van der Waals surface area contributed by atoms with Crippen LogP contribution in [-0.4, -0.2) is 54.2 Å². The Labute approximate surface area is 251 Å². The van der Waals surface area contributed by atoms with E-state index < -0.39 is 28.6 Å². The molecule has 1 aliphatic heterocycles. The van der Waals surface area contributed by atoms with Gasteiger partial charge in [-0.2, -0.15) is 8.78 Å². The van der Waals surface area contributed by atoms with Gasteiger partial charge >= 0.3 is 0 Å². The highest BCUT2D eigenvalue weighted by atomic mass is 35.5. The minimum Gasteiger partial charge on any atom is -0.343 e. The van der Waals surface area contributed by atoms with Crippen LogP contribution >= 0.6 is 23.2 Å². The molecule has 2 aromatic rings. The molecular formula is C32H39Cl2F3N2O2. The second kappa shape index (κ2) is 13.7. The number of Topliss-reactive ketones (excluding diaryl/α,β-unsaturated/α-hetero) is 1. The molecule has 0 aromatic heterocycles. The van der Waals surface area contributed by atoms with Crippen molar-refractivity contribution in [2.45, 2.75) is 70.3 Å². The lowest BCUT2D eigenvalue weighted by Gasteiger charge is -2.39. The Bertz CT molecular complexity index is 1260. The van der Waals surface area contributed by atoms with Crippen molar-refractivity contribution in [1.82, 2.24) is 9.80 Å². The fraction of sp³-hybridized carbons (Fsp3) is 0.500. The number of carbonyl (C=O) groups is 2. The fourth-order valence-corrected chi connectivity index (χ4v) is 5.94. The first kappa shape index (κ1) is 33.2. The summed E-state index contributed by atoms with van der Waals surface area (Å²) in [5.74, 6) is -5.02. The van der Waals surface area contributed by atoms with Gasteiger partial charge in [0.1, 0.15) is 11.6 Å². The predicted molar refractivity (Wildman–Crippen MR) is 159 cm³/mol. The molecule has 1 amide bonds. The van der Waals surface area contributed by atoms with Gasteiger partial charge in [0.05, 0.1) is 21.0 Å². The number of rotatable bonds is 12. The SMILES string of the molecule is C=CC(F)(F)c1cc(CC(CC)C(=O)C(C)(CCN2CCC(N(C)C(C)=O)CC2)c2ccc(Cl)c(Cl)c2)ccc1F. The Morgan fingerprint density at radius 3 is 2.37 bits per heavy atom. The Kier molecular flexibility index (Phi) is 11.1. The molecular weight excluding hydrogens is 572 g/mol. The first-order chi connectivity index (χ1) is 19.2. The predicted octanol–water partition coefficient (Wildman–Crippen LogP) is 7.84. The third-order valence-electron chi connectivity index (χ3n) is 8.62. The van der Waals surface area contributed by atoms with Gasteiger partial charge in [0.25, 0.3) is 5.92 Å². The van der Waals surface area contributed by atoms with Gasteiger partial charge in [0, 0.05) is 39.0 Å². The van der Waals surface area contributed by atoms with Crippen LogP contribution in [0.15, 0.2) is 49.1 Å². The van der Waals surface area contributed by atoms with Crippen molar-refractivity contribution in [1.29, 1.82) is 0 Å². The van der Waals surface area contributed by atoms with Gasteiger partial charge in [-0.3, -0.25) is 9.59 Å². The molecule has 1 heterocycles. The molecule has 0 bridgehead atoms. The van der Waals surface area contributed by atoms with Crippen LogP contribution in [0, 0.1) is 11.7 Å². The molecule has 2 aromatic carbocycles. The van der Waals surface area contributed by atoms with E-state index in [2.05, 4.69) is 11.5 Å². The Hall–Kier alpha value is -2.35. The third-order valence-corrected chi connectivity index (χ3v) is 9.36. The van der Waals surface area contributed by atoms with E-state index in [1.54, 1.807) is 24.0 Å². The standard InChI is InChI=1S/C32H39Cl2F3N2O2/c1-6-23(18-22-8-11-29(35)26(19-22)32(36,37)7-2)30(41)31(4,24-9-10-27(33)28(34)20-24)14-17-39-15-12-25(13-16-39)38(5)21(3)40/h7-11,19-20,23,25H,2,6,12-18H2,1,3-5H3. The molecule has 0 N–H and O–H groups in total. The summed E-state index contributed by atoms with van der Waals surface area (Å²) in [6.45, 7) is 10.8. The molecule has 2 unspecified atom stereocenters. The maximum atomic E-state index is 14.3. The van der Waals surface area contributed by atoms with Crippen LogP contribution in [0.1, 0.15) is 63.1 Å². The van der Waals surface area contributed by atoms with E-state index in [9.17, 15) is 22.8 Å². The van der Waals surface area contributed by atoms with E-state index in [4.69, 9.17) is 23.2 Å². The van der Waals surface area contributed by atoms with Gasteiger partial charge in [-0.05, 0) is 87.0 Å². The summed E-state index contributed by atoms with van der Waals surface area (Å²) in [4.78, 5) is 30.2. The second-order valence-electron chi connectivity index (χ2n) is 11.2. The number of piperidine rings is 1. The summed E-state index contributed by atoms with van der Waals surface area (Å²) in [7, 11) is 1.83. The first-order valence-corrected chi connectivity index (χ1v) is 14.7. The molecule has 0 spiro atoms. The summed E-state index contributed by atoms with van der Waals surface area (Å²) in [5, 5.41) is 0.732. The summed E-state index contributed by atoms with van der Waals surface area (Å²) in [6, 6.07) is 9.02. The summed E-state index contributed by atoms with van der Waals surface area (Å²) in [6.07, 6.45) is 3.30. The van der Waals surface area contributed by atoms with Crippen molar-refractivity contribution >= 4 is 34.9 Å². The smallest absolute Gasteiger partial charge is 0.294 e. The molecule has 1 aliphatic rings. The van der Waals surface area contributed by atoms with Gasteiger partial charge in [-0.15, -0.1) is 0 Å². The van der Waals surface area contributed by atoms with Crippen molar-refractivity contribution in [3.63, 3.8) is 0 Å². The number of amides is 1. The highest BCUT2D eigenvalue weighted by molar-refractivity contribution is 6.42. The Balaban J connectivity index is 1.86. The zero-order valence-corrected chi connectivity index (χ0v) is 25.7. The Morgan fingerprint density at radius 2 is 1.80 bits per heavy atom. The number of likely N-dealkylation sites (tertiary alicyclic amines) is 1. The van der Waals surface area contributed by atoms with E-state index in [1.165, 1.54) is 6.07 Å². The maximum Gasteiger partial charge on any atom is 0.294 e. The normalized spacial score (nSPS) is 17.1. The minimum atomic E-state index is -3.52. The molecule has 0 saturated carbocycles. The number of carbonyl (C=O) groups excluding carboxylic acids is 2. The lowest BCUT2D eigenvalue weighted by molar-refractivity contribution is -0.131. The monoisotopic (exact) mass is 610 g/mol. The average molecular weight is 612 g/mol. The van der Waals surface area contributed by atoms with E-state index >= 15 is 0 Å². The van der Waals surface area contributed by atoms with Crippen molar-refractivity contribution in [3.05, 3.63) is 81.6 Å². The molecule has 224 valence electrons. The molecule has 0 radical (unpaired) electrons. The van der Waals surface area contributed by atoms with Gasteiger partial charge in [0.2, 0.25) is 5.91 Å². The zero-order valence-electron chi connectivity index (χ0n) is 24.2. The van der Waals surface area contributed by atoms with Gasteiger partial charge < -0.3 is 9.80 Å². The van der Waals surface area contributed by atoms with Crippen molar-refractivity contribution < 1.29 is 22.8 Å². The number of alkyl halides is 2. The highest BCUT2D eigenvalue weighted by Gasteiger charge is 2.40. The number of hydrogen-bond acceptors (Lipinski definition) is 3. The number of hydrogen-bond donors (Lipinski definition) is 0. The van der Waals surface area contributed by atoms with E-state index in [0.29, 0.717) is 41.1 Å². The van der Waals surface area contributed by atoms with Crippen LogP contribution < -0.4 is 0 Å². The lowest BCUT2D eigenvalue weighted by atomic mass is 9.70. The van der Waals surface area contributed by atoms with Gasteiger partial charge in [-0.25, -0.2) is 4.39 Å². The zero-order chi connectivity index (χ0) is 30.5. The van der Waals surface area contributed by atoms with E-state index in [1.807, 2.05) is 27.0 Å². The van der Waals surface area contributed by atoms with Gasteiger partial charge in [-0.1, -0.05) is 48.8 Å². The topological polar surface area (TPSA) is 40.6 Å². The molecule has 1 fully saturated rings. The van der Waals surface area contributed by atoms with Crippen molar-refractivity contribution in [2.24, 2.45) is 5.92 Å². The van der Waals surface area contributed by atoms with E-state index in [-0.39, 0.29) is 24.2 Å². The molecule has 41 heavy (non-hydrogen) atoms. The van der Waals surface area contributed by atoms with Crippen molar-refractivity contribution in [2.75, 3.05) is 26.7 Å². The Morgan fingerprint density at radius 1 is 1.15 bits per heavy atom. The van der Waals surface area contributed by atoms with Crippen LogP contribution in [0.2, 0.25) is 10.0 Å². The van der Waals surface area contributed by atoms with Gasteiger partial charge in [0.15, 0.2) is 0 Å². The van der Waals surface area contributed by atoms with Crippen LogP contribution in [0.3, 0.4) is 0 Å². The summed E-state index contributed by atoms with van der Waals surface area (Å²) < 4.78 is 42.8. The summed E-state index contributed by atoms with van der Waals surface area (Å²) in [5.41, 5.74) is -0.496. The first-order valence-electron chi connectivity index (χ1n) is 14.0. The molecule has 2 atom stereocenters. The molecule has 1 saturated heterocycles. The molecule has 9 heteroatoms. The third kappa shape index (κ3) is 7.74. The highest BCUT2D eigenvalue weighted by Crippen LogP contribution is 2.38. The minimum absolute atomic E-state index is 0.0362. The van der Waals surface area contributed by atoms with Crippen LogP contribution in [0.4, 0.5) is 13.2 Å². The molecule has 0 aliphatic carbocycles. The fourth-order valence-electron chi connectivity index (χ4n) is 5.64. The van der Waals surface area contributed by atoms with Crippen LogP contribution in [-0.2, 0) is 27.3 Å². The largest absolute Gasteiger partial charge is 0.343 e. The van der Waals surface area contributed by atoms with Crippen LogP contribution in [0.5, 0.6) is 0 Å². The number of nitrogens with zero attached hydrogens (tertiary/aromatic N) is 2. The number of allylic oxidation sites excluding steroid dienone is 1. The van der Waals surface area contributed by atoms with Crippen LogP contribution in [0.25, 0.3) is 0 Å². The van der Waals surface area contributed by atoms with E-state index in [0.717, 1.165) is 43.6 Å². The lowest BCUT2D eigenvalue weighted by Crippen LogP contribution is -2.47. The number of ketones is 1. The number of benzene rings is 2. The summed E-state index contributed by atoms with van der Waals surface area (Å²) >= 11 is 12.6. The average Bonchev–Trinajstić information content (AvgIpc) is 2.96.